The molecule has 0 aliphatic heterocycles. The standard InChI is InChI=1S/C13H21N3O2/c1-3-16-12(11(14)8-15-16)13(17)18-10-6-4-9(2)5-7-10/h8-10H,3-7,14H2,1-2H3. The van der Waals surface area contributed by atoms with Gasteiger partial charge in [0.05, 0.1) is 11.9 Å². The van der Waals surface area contributed by atoms with Crippen LogP contribution in [0.1, 0.15) is 50.0 Å². The maximum absolute atomic E-state index is 12.1. The molecule has 2 N–H and O–H groups in total. The smallest absolute Gasteiger partial charge is 0.359 e. The summed E-state index contributed by atoms with van der Waals surface area (Å²) >= 11 is 0. The van der Waals surface area contributed by atoms with Gasteiger partial charge in [-0.15, -0.1) is 0 Å². The zero-order valence-corrected chi connectivity index (χ0v) is 11.1. The molecule has 18 heavy (non-hydrogen) atoms. The summed E-state index contributed by atoms with van der Waals surface area (Å²) in [4.78, 5) is 12.1. The fraction of sp³-hybridized carbons (Fsp3) is 0.692. The number of aromatic nitrogens is 2. The van der Waals surface area contributed by atoms with E-state index in [1.54, 1.807) is 4.68 Å². The molecule has 1 saturated carbocycles. The highest BCUT2D eigenvalue weighted by Gasteiger charge is 2.25. The zero-order valence-electron chi connectivity index (χ0n) is 11.1. The maximum Gasteiger partial charge on any atom is 0.359 e. The monoisotopic (exact) mass is 251 g/mol. The molecule has 0 spiro atoms. The number of carbonyl (C=O) groups is 1. The lowest BCUT2D eigenvalue weighted by Crippen LogP contribution is -2.25. The van der Waals surface area contributed by atoms with Crippen LogP contribution in [0.4, 0.5) is 5.69 Å². The number of nitrogen functional groups attached to an aromatic ring is 1. The van der Waals surface area contributed by atoms with Gasteiger partial charge in [-0.25, -0.2) is 4.79 Å². The van der Waals surface area contributed by atoms with Gasteiger partial charge in [-0.2, -0.15) is 5.10 Å². The molecule has 1 aliphatic carbocycles. The van der Waals surface area contributed by atoms with Crippen LogP contribution in [0.3, 0.4) is 0 Å². The SMILES string of the molecule is CCn1ncc(N)c1C(=O)OC1CCC(C)CC1. The minimum Gasteiger partial charge on any atom is -0.458 e. The molecule has 1 aliphatic rings. The molecule has 0 aromatic carbocycles. The minimum absolute atomic E-state index is 0.0355. The summed E-state index contributed by atoms with van der Waals surface area (Å²) in [5.74, 6) is 0.401. The third kappa shape index (κ3) is 2.66. The van der Waals surface area contributed by atoms with Crippen molar-refractivity contribution in [3.05, 3.63) is 11.9 Å². The summed E-state index contributed by atoms with van der Waals surface area (Å²) in [6, 6.07) is 0. The van der Waals surface area contributed by atoms with Gasteiger partial charge in [-0.3, -0.25) is 4.68 Å². The normalized spacial score (nSPS) is 23.9. The fourth-order valence-electron chi connectivity index (χ4n) is 2.42. The van der Waals surface area contributed by atoms with E-state index in [1.807, 2.05) is 6.92 Å². The predicted octanol–water partition coefficient (Wildman–Crippen LogP) is 2.22. The van der Waals surface area contributed by atoms with Gasteiger partial charge in [0.15, 0.2) is 5.69 Å². The molecule has 0 unspecified atom stereocenters. The van der Waals surface area contributed by atoms with E-state index < -0.39 is 0 Å². The topological polar surface area (TPSA) is 70.1 Å². The van der Waals surface area contributed by atoms with Crippen molar-refractivity contribution in [3.63, 3.8) is 0 Å². The largest absolute Gasteiger partial charge is 0.458 e. The molecule has 1 aromatic heterocycles. The summed E-state index contributed by atoms with van der Waals surface area (Å²) < 4.78 is 7.11. The maximum atomic E-state index is 12.1. The van der Waals surface area contributed by atoms with Crippen LogP contribution in [0.5, 0.6) is 0 Å². The lowest BCUT2D eigenvalue weighted by Gasteiger charge is -2.26. The third-order valence-corrected chi connectivity index (χ3v) is 3.60. The van der Waals surface area contributed by atoms with Crippen LogP contribution in [-0.4, -0.2) is 21.9 Å². The summed E-state index contributed by atoms with van der Waals surface area (Å²) in [6.07, 6.45) is 5.69. The van der Waals surface area contributed by atoms with Crippen molar-refractivity contribution in [2.45, 2.75) is 52.2 Å². The first-order valence-electron chi connectivity index (χ1n) is 6.64. The molecule has 0 radical (unpaired) electrons. The lowest BCUT2D eigenvalue weighted by atomic mass is 9.89. The molecule has 0 saturated heterocycles. The van der Waals surface area contributed by atoms with Gasteiger partial charge < -0.3 is 10.5 Å². The van der Waals surface area contributed by atoms with Gasteiger partial charge in [0.1, 0.15) is 6.10 Å². The second kappa shape index (κ2) is 5.42. The van der Waals surface area contributed by atoms with Crippen LogP contribution in [-0.2, 0) is 11.3 Å². The fourth-order valence-corrected chi connectivity index (χ4v) is 2.42. The van der Waals surface area contributed by atoms with Crippen molar-refractivity contribution in [2.75, 3.05) is 5.73 Å². The number of esters is 1. The van der Waals surface area contributed by atoms with Crippen molar-refractivity contribution >= 4 is 11.7 Å². The number of hydrogen-bond donors (Lipinski definition) is 1. The Morgan fingerprint density at radius 2 is 2.17 bits per heavy atom. The summed E-state index contributed by atoms with van der Waals surface area (Å²) in [5.41, 5.74) is 6.54. The number of hydrogen-bond acceptors (Lipinski definition) is 4. The molecule has 5 nitrogen and oxygen atoms in total. The third-order valence-electron chi connectivity index (χ3n) is 3.60. The zero-order chi connectivity index (χ0) is 13.1. The Kier molecular flexibility index (Phi) is 3.89. The van der Waals surface area contributed by atoms with E-state index >= 15 is 0 Å². The first-order chi connectivity index (χ1) is 8.61. The van der Waals surface area contributed by atoms with E-state index in [2.05, 4.69) is 12.0 Å². The van der Waals surface area contributed by atoms with E-state index in [0.29, 0.717) is 17.9 Å². The van der Waals surface area contributed by atoms with Gasteiger partial charge in [0.25, 0.3) is 0 Å². The minimum atomic E-state index is -0.341. The highest BCUT2D eigenvalue weighted by atomic mass is 16.5. The van der Waals surface area contributed by atoms with Crippen molar-refractivity contribution in [3.8, 4) is 0 Å². The number of aryl methyl sites for hydroxylation is 1. The molecule has 1 aromatic rings. The van der Waals surface area contributed by atoms with Crippen LogP contribution in [0.2, 0.25) is 0 Å². The first-order valence-corrected chi connectivity index (χ1v) is 6.64. The predicted molar refractivity (Wildman–Crippen MR) is 69.1 cm³/mol. The van der Waals surface area contributed by atoms with Crippen LogP contribution in [0.25, 0.3) is 0 Å². The van der Waals surface area contributed by atoms with Crippen molar-refractivity contribution in [1.29, 1.82) is 0 Å². The number of nitrogens with two attached hydrogens (primary N) is 1. The van der Waals surface area contributed by atoms with E-state index in [4.69, 9.17) is 10.5 Å². The average Bonchev–Trinajstić information content (AvgIpc) is 2.73. The van der Waals surface area contributed by atoms with Crippen LogP contribution < -0.4 is 5.73 Å². The van der Waals surface area contributed by atoms with Crippen molar-refractivity contribution < 1.29 is 9.53 Å². The van der Waals surface area contributed by atoms with E-state index in [9.17, 15) is 4.79 Å². The molecule has 100 valence electrons. The molecule has 5 heteroatoms. The van der Waals surface area contributed by atoms with Crippen molar-refractivity contribution in [2.24, 2.45) is 5.92 Å². The average molecular weight is 251 g/mol. The Hall–Kier alpha value is -1.52. The molecule has 0 atom stereocenters. The van der Waals surface area contributed by atoms with Gasteiger partial charge in [-0.05, 0) is 38.5 Å². The van der Waals surface area contributed by atoms with Crippen LogP contribution in [0.15, 0.2) is 6.20 Å². The molecule has 0 amide bonds. The number of nitrogens with zero attached hydrogens (tertiary/aromatic N) is 2. The Morgan fingerprint density at radius 1 is 1.50 bits per heavy atom. The van der Waals surface area contributed by atoms with Gasteiger partial charge in [-0.1, -0.05) is 6.92 Å². The van der Waals surface area contributed by atoms with Crippen LogP contribution >= 0.6 is 0 Å². The number of rotatable bonds is 3. The quantitative estimate of drug-likeness (QED) is 0.836. The molecule has 1 heterocycles. The summed E-state index contributed by atoms with van der Waals surface area (Å²) in [6.45, 7) is 4.77. The second-order valence-corrected chi connectivity index (χ2v) is 5.05. The number of ether oxygens (including phenoxy) is 1. The summed E-state index contributed by atoms with van der Waals surface area (Å²) in [7, 11) is 0. The second-order valence-electron chi connectivity index (χ2n) is 5.05. The lowest BCUT2D eigenvalue weighted by molar-refractivity contribution is 0.0162. The highest BCUT2D eigenvalue weighted by Crippen LogP contribution is 2.26. The highest BCUT2D eigenvalue weighted by molar-refractivity contribution is 5.93. The Bertz CT molecular complexity index is 420. The Labute approximate surface area is 107 Å². The van der Waals surface area contributed by atoms with E-state index in [1.165, 1.54) is 6.20 Å². The molecule has 0 bridgehead atoms. The van der Waals surface area contributed by atoms with E-state index in [0.717, 1.165) is 31.6 Å². The summed E-state index contributed by atoms with van der Waals surface area (Å²) in [5, 5.41) is 4.05. The number of anilines is 1. The molecular weight excluding hydrogens is 230 g/mol. The first kappa shape index (κ1) is 12.9. The molecule has 1 fully saturated rings. The van der Waals surface area contributed by atoms with Gasteiger partial charge in [0.2, 0.25) is 0 Å². The Morgan fingerprint density at radius 3 is 2.78 bits per heavy atom. The Balaban J connectivity index is 2.01. The van der Waals surface area contributed by atoms with Crippen molar-refractivity contribution in [1.82, 2.24) is 9.78 Å². The van der Waals surface area contributed by atoms with E-state index in [-0.39, 0.29) is 12.1 Å². The molecule has 2 rings (SSSR count). The number of carbonyl (C=O) groups excluding carboxylic acids is 1. The van der Waals surface area contributed by atoms with Crippen LogP contribution in [0, 0.1) is 5.92 Å². The molecular formula is C13H21N3O2. The van der Waals surface area contributed by atoms with Gasteiger partial charge in [0, 0.05) is 6.54 Å². The van der Waals surface area contributed by atoms with Gasteiger partial charge >= 0.3 is 5.97 Å².